The van der Waals surface area contributed by atoms with Crippen LogP contribution in [-0.4, -0.2) is 0 Å². The zero-order valence-corrected chi connectivity index (χ0v) is 44.8. The zero-order chi connectivity index (χ0) is 53.0. The van der Waals surface area contributed by atoms with Gasteiger partial charge in [-0.3, -0.25) is 0 Å². The lowest BCUT2D eigenvalue weighted by molar-refractivity contribution is 0.989. The number of aryl methyl sites for hydroxylation is 4. The van der Waals surface area contributed by atoms with E-state index in [2.05, 4.69) is 281 Å². The quantitative estimate of drug-likeness (QED) is 0.119. The normalized spacial score (nSPS) is 12.1. The monoisotopic (exact) mass is 1000 g/mol. The highest BCUT2D eigenvalue weighted by molar-refractivity contribution is 6.23. The van der Waals surface area contributed by atoms with E-state index in [0.29, 0.717) is 0 Å². The molecule has 0 unspecified atom stereocenters. The Morgan fingerprint density at radius 3 is 1.22 bits per heavy atom. The van der Waals surface area contributed by atoms with E-state index >= 15 is 0 Å². The van der Waals surface area contributed by atoms with E-state index in [1.54, 1.807) is 0 Å². The summed E-state index contributed by atoms with van der Waals surface area (Å²) in [5, 5.41) is 9.48. The molecule has 0 N–H and O–H groups in total. The van der Waals surface area contributed by atoms with Crippen LogP contribution in [-0.2, 0) is 6.42 Å². The molecule has 1 aliphatic carbocycles. The smallest absolute Gasteiger partial charge is 0.0618 e. The van der Waals surface area contributed by atoms with E-state index in [1.807, 2.05) is 12.2 Å². The van der Waals surface area contributed by atoms with Gasteiger partial charge in [0.05, 0.1) is 11.4 Å². The van der Waals surface area contributed by atoms with Gasteiger partial charge in [0.25, 0.3) is 0 Å². The Morgan fingerprint density at radius 2 is 0.756 bits per heavy atom. The van der Waals surface area contributed by atoms with Crippen LogP contribution < -0.4 is 9.80 Å². The van der Waals surface area contributed by atoms with Gasteiger partial charge in [-0.25, -0.2) is 0 Å². The third-order valence-corrected chi connectivity index (χ3v) is 16.0. The van der Waals surface area contributed by atoms with Crippen molar-refractivity contribution in [2.75, 3.05) is 9.80 Å². The number of fused-ring (bicyclic) bond motifs is 5. The molecule has 1 aliphatic rings. The molecule has 2 heteroatoms. The third-order valence-electron chi connectivity index (χ3n) is 16.0. The summed E-state index contributed by atoms with van der Waals surface area (Å²) in [7, 11) is 0. The van der Waals surface area contributed by atoms with Crippen molar-refractivity contribution >= 4 is 95.4 Å². The molecule has 0 spiro atoms. The molecule has 0 radical (unpaired) electrons. The summed E-state index contributed by atoms with van der Waals surface area (Å²) in [4.78, 5) is 4.95. The number of hydrogen-bond acceptors (Lipinski definition) is 2. The molecule has 0 aliphatic heterocycles. The van der Waals surface area contributed by atoms with Crippen molar-refractivity contribution in [1.29, 1.82) is 0 Å². The van der Waals surface area contributed by atoms with Crippen LogP contribution >= 0.6 is 0 Å². The second kappa shape index (κ2) is 19.9. The minimum absolute atomic E-state index is 0.898. The lowest BCUT2D eigenvalue weighted by Gasteiger charge is -2.32. The predicted molar refractivity (Wildman–Crippen MR) is 339 cm³/mol. The first-order chi connectivity index (χ1) is 38.3. The van der Waals surface area contributed by atoms with Crippen molar-refractivity contribution in [2.24, 2.45) is 0 Å². The standard InChI is InChI=1S/C76H60N2/c1-7-53-45-54-19-9-10-20-63(54)72(62(53)8-2)55-46-56(73-64-21-11-15-25-68(64)75(69-26-16-12-22-65(69)73)77(58-37-29-49(3)30-38-58)59-39-31-50(4)32-40-59)48-57(47-55)74-66-23-13-17-27-70(66)76(71-28-18-14-24-67(71)74)78(60-41-33-51(5)34-42-60)61-43-35-52(6)36-44-61/h7-13,15-23,25-48H,1-2,14,24H2,3-6H3. The Labute approximate surface area is 458 Å². The van der Waals surface area contributed by atoms with Crippen molar-refractivity contribution in [3.8, 4) is 33.4 Å². The number of rotatable bonds is 11. The SMILES string of the molecule is C=Cc1cc2ccccc2c(-c2cc(-c3c4c(c(N(c5ccc(C)cc5)c5ccc(C)cc5)c5ccccc35)C=CCC4)cc(-c3c4ccccc4c(N(c4ccc(C)cc4)c4ccc(C)cc4)c4ccccc34)c2)c1C=C. The fraction of sp³-hybridized carbons (Fsp3) is 0.0789. The molecule has 0 fully saturated rings. The van der Waals surface area contributed by atoms with Gasteiger partial charge in [-0.05, 0) is 190 Å². The molecule has 0 bridgehead atoms. The zero-order valence-electron chi connectivity index (χ0n) is 44.8. The van der Waals surface area contributed by atoms with Crippen LogP contribution in [0.1, 0.15) is 50.9 Å². The molecule has 0 saturated carbocycles. The fourth-order valence-electron chi connectivity index (χ4n) is 12.3. The summed E-state index contributed by atoms with van der Waals surface area (Å²) in [6.45, 7) is 17.5. The second-order valence-corrected chi connectivity index (χ2v) is 21.1. The second-order valence-electron chi connectivity index (χ2n) is 21.1. The van der Waals surface area contributed by atoms with Crippen molar-refractivity contribution in [1.82, 2.24) is 0 Å². The van der Waals surface area contributed by atoms with Crippen LogP contribution in [0, 0.1) is 27.7 Å². The maximum absolute atomic E-state index is 4.48. The van der Waals surface area contributed by atoms with Gasteiger partial charge in [-0.15, -0.1) is 0 Å². The van der Waals surface area contributed by atoms with E-state index in [0.717, 1.165) is 74.5 Å². The maximum atomic E-state index is 4.48. The van der Waals surface area contributed by atoms with Gasteiger partial charge in [-0.2, -0.15) is 0 Å². The Balaban J connectivity index is 1.16. The third kappa shape index (κ3) is 8.29. The molecule has 0 atom stereocenters. The van der Waals surface area contributed by atoms with Crippen molar-refractivity contribution in [2.45, 2.75) is 40.5 Å². The fourth-order valence-corrected chi connectivity index (χ4v) is 12.3. The van der Waals surface area contributed by atoms with Crippen molar-refractivity contribution < 1.29 is 0 Å². The van der Waals surface area contributed by atoms with Crippen LogP contribution in [0.5, 0.6) is 0 Å². The molecule has 374 valence electrons. The predicted octanol–water partition coefficient (Wildman–Crippen LogP) is 21.7. The maximum Gasteiger partial charge on any atom is 0.0618 e. The van der Waals surface area contributed by atoms with Gasteiger partial charge in [0, 0.05) is 44.5 Å². The molecule has 0 amide bonds. The van der Waals surface area contributed by atoms with E-state index in [-0.39, 0.29) is 0 Å². The van der Waals surface area contributed by atoms with Crippen LogP contribution in [0.2, 0.25) is 0 Å². The number of allylic oxidation sites excluding steroid dienone is 1. The Morgan fingerprint density at radius 1 is 0.372 bits per heavy atom. The molecule has 0 heterocycles. The molecule has 12 aromatic rings. The molecular weight excluding hydrogens is 941 g/mol. The summed E-state index contributed by atoms with van der Waals surface area (Å²) < 4.78 is 0. The van der Waals surface area contributed by atoms with Crippen LogP contribution in [0.3, 0.4) is 0 Å². The lowest BCUT2D eigenvalue weighted by atomic mass is 9.80. The number of nitrogens with zero attached hydrogens (tertiary/aromatic N) is 2. The van der Waals surface area contributed by atoms with Gasteiger partial charge in [0.2, 0.25) is 0 Å². The molecule has 0 aromatic heterocycles. The van der Waals surface area contributed by atoms with E-state index < -0.39 is 0 Å². The summed E-state index contributed by atoms with van der Waals surface area (Å²) in [6.07, 6.45) is 10.6. The lowest BCUT2D eigenvalue weighted by Crippen LogP contribution is -2.14. The van der Waals surface area contributed by atoms with Crippen LogP contribution in [0.15, 0.2) is 238 Å². The van der Waals surface area contributed by atoms with Gasteiger partial charge < -0.3 is 9.80 Å². The first kappa shape index (κ1) is 48.2. The Hall–Kier alpha value is -9.50. The topological polar surface area (TPSA) is 6.48 Å². The molecule has 2 nitrogen and oxygen atoms in total. The van der Waals surface area contributed by atoms with E-state index in [1.165, 1.54) is 93.5 Å². The molecule has 78 heavy (non-hydrogen) atoms. The van der Waals surface area contributed by atoms with Gasteiger partial charge in [0.15, 0.2) is 0 Å². The van der Waals surface area contributed by atoms with E-state index in [4.69, 9.17) is 0 Å². The molecular formula is C76H60N2. The van der Waals surface area contributed by atoms with Crippen LogP contribution in [0.25, 0.3) is 94.7 Å². The number of benzene rings is 12. The van der Waals surface area contributed by atoms with Crippen molar-refractivity contribution in [3.63, 3.8) is 0 Å². The first-order valence-electron chi connectivity index (χ1n) is 27.3. The minimum atomic E-state index is 0.898. The summed E-state index contributed by atoms with van der Waals surface area (Å²) >= 11 is 0. The molecule has 12 aromatic carbocycles. The highest BCUT2D eigenvalue weighted by Crippen LogP contribution is 2.53. The van der Waals surface area contributed by atoms with Gasteiger partial charge in [-0.1, -0.05) is 205 Å². The molecule has 0 saturated heterocycles. The minimum Gasteiger partial charge on any atom is -0.309 e. The average molecular weight is 1000 g/mol. The number of hydrogen-bond donors (Lipinski definition) is 0. The van der Waals surface area contributed by atoms with E-state index in [9.17, 15) is 0 Å². The average Bonchev–Trinajstić information content (AvgIpc) is 3.63. The Kier molecular flexibility index (Phi) is 12.3. The van der Waals surface area contributed by atoms with Gasteiger partial charge >= 0.3 is 0 Å². The summed E-state index contributed by atoms with van der Waals surface area (Å²) in [5.74, 6) is 0. The Bertz CT molecular complexity index is 4220. The van der Waals surface area contributed by atoms with Crippen molar-refractivity contribution in [3.05, 3.63) is 282 Å². The largest absolute Gasteiger partial charge is 0.309 e. The number of anilines is 6. The summed E-state index contributed by atoms with van der Waals surface area (Å²) in [5.41, 5.74) is 23.5. The first-order valence-corrected chi connectivity index (χ1v) is 27.3. The van der Waals surface area contributed by atoms with Crippen LogP contribution in [0.4, 0.5) is 34.1 Å². The van der Waals surface area contributed by atoms with Gasteiger partial charge in [0.1, 0.15) is 0 Å². The molecule has 13 rings (SSSR count). The summed E-state index contributed by atoms with van der Waals surface area (Å²) in [6, 6.07) is 81.6. The highest BCUT2D eigenvalue weighted by atomic mass is 15.2. The highest BCUT2D eigenvalue weighted by Gasteiger charge is 2.28.